The van der Waals surface area contributed by atoms with Gasteiger partial charge in [0.25, 0.3) is 0 Å². The first-order valence-electron chi connectivity index (χ1n) is 11.9. The minimum absolute atomic E-state index is 0.177. The van der Waals surface area contributed by atoms with Gasteiger partial charge in [0, 0.05) is 32.3 Å². The number of piperidine rings is 1. The third-order valence-corrected chi connectivity index (χ3v) is 7.49. The fourth-order valence-electron chi connectivity index (χ4n) is 4.16. The quantitative estimate of drug-likeness (QED) is 0.292. The number of carbonyl (C=O) groups is 2. The molecule has 2 aromatic carbocycles. The van der Waals surface area contributed by atoms with Gasteiger partial charge in [0.05, 0.1) is 40.9 Å². The zero-order chi connectivity index (χ0) is 26.8. The van der Waals surface area contributed by atoms with Gasteiger partial charge in [0.2, 0.25) is 0 Å². The number of methoxy groups -OCH3 is 1. The third kappa shape index (κ3) is 8.57. The Morgan fingerprint density at radius 1 is 1.14 bits per heavy atom. The lowest BCUT2D eigenvalue weighted by Crippen LogP contribution is -2.54. The summed E-state index contributed by atoms with van der Waals surface area (Å²) in [4.78, 5) is 27.5. The summed E-state index contributed by atoms with van der Waals surface area (Å²) in [6.45, 7) is 3.83. The van der Waals surface area contributed by atoms with E-state index >= 15 is 0 Å². The predicted octanol–water partition coefficient (Wildman–Crippen LogP) is 1.82. The van der Waals surface area contributed by atoms with Gasteiger partial charge in [-0.1, -0.05) is 35.1 Å². The number of nitrogens with zero attached hydrogens (tertiary/aromatic N) is 3. The molecule has 0 amide bonds. The molecule has 1 fully saturated rings. The molecule has 0 aliphatic carbocycles. The van der Waals surface area contributed by atoms with Gasteiger partial charge in [-0.15, -0.1) is 0 Å². The summed E-state index contributed by atoms with van der Waals surface area (Å²) < 4.78 is 12.9. The van der Waals surface area contributed by atoms with Crippen LogP contribution in [0.4, 0.5) is 5.13 Å². The van der Waals surface area contributed by atoms with Gasteiger partial charge in [-0.3, -0.25) is 0 Å². The molecule has 37 heavy (non-hydrogen) atoms. The maximum atomic E-state index is 8.93. The lowest BCUT2D eigenvalue weighted by atomic mass is 10.0. The number of aromatic nitrogens is 1. The van der Waals surface area contributed by atoms with Crippen molar-refractivity contribution in [2.45, 2.75) is 31.4 Å². The molecule has 2 atom stereocenters. The van der Waals surface area contributed by atoms with E-state index in [-0.39, 0.29) is 6.10 Å². The van der Waals surface area contributed by atoms with Crippen molar-refractivity contribution in [3.63, 3.8) is 0 Å². The van der Waals surface area contributed by atoms with E-state index in [4.69, 9.17) is 45.9 Å². The van der Waals surface area contributed by atoms with E-state index in [2.05, 4.69) is 35.0 Å². The van der Waals surface area contributed by atoms with Crippen molar-refractivity contribution in [2.75, 3.05) is 45.3 Å². The Hall–Kier alpha value is -2.92. The number of para-hydroxylation sites is 1. The van der Waals surface area contributed by atoms with E-state index in [0.717, 1.165) is 66.9 Å². The van der Waals surface area contributed by atoms with Crippen molar-refractivity contribution in [1.82, 2.24) is 9.88 Å². The zero-order valence-corrected chi connectivity index (χ0v) is 22.4. The van der Waals surface area contributed by atoms with Crippen LogP contribution in [0.3, 0.4) is 0 Å². The highest BCUT2D eigenvalue weighted by atomic mass is 35.5. The number of hydrogen-bond acceptors (Lipinski definition) is 10. The van der Waals surface area contributed by atoms with Gasteiger partial charge in [-0.25, -0.2) is 4.98 Å². The van der Waals surface area contributed by atoms with Gasteiger partial charge in [0.1, 0.15) is 5.75 Å². The highest BCUT2D eigenvalue weighted by Crippen LogP contribution is 2.31. The van der Waals surface area contributed by atoms with Crippen LogP contribution in [0.1, 0.15) is 19.3 Å². The average molecular weight is 548 g/mol. The van der Waals surface area contributed by atoms with Gasteiger partial charge in [-0.2, -0.15) is 0 Å². The molecule has 0 spiro atoms. The fourth-order valence-corrected chi connectivity index (χ4v) is 5.27. The summed E-state index contributed by atoms with van der Waals surface area (Å²) in [7, 11) is 3.98. The summed E-state index contributed by atoms with van der Waals surface area (Å²) in [5, 5.41) is 19.7. The molecule has 200 valence electrons. The number of rotatable bonds is 9. The Morgan fingerprint density at radius 2 is 1.84 bits per heavy atom. The molecule has 3 aromatic rings. The topological polar surface area (TPSA) is 118 Å². The largest absolute Gasteiger partial charge is 0.543 e. The van der Waals surface area contributed by atoms with E-state index in [1.165, 1.54) is 4.70 Å². The molecular formula is C26H30ClN3O6S-2. The molecule has 1 aliphatic heterocycles. The number of benzene rings is 2. The first kappa shape index (κ1) is 28.6. The van der Waals surface area contributed by atoms with Crippen LogP contribution in [0.5, 0.6) is 5.75 Å². The molecule has 1 saturated heterocycles. The normalized spacial score (nSPS) is 17.6. The minimum atomic E-state index is -2.19. The van der Waals surface area contributed by atoms with Crippen LogP contribution in [0.2, 0.25) is 5.02 Å². The molecule has 9 nitrogen and oxygen atoms in total. The van der Waals surface area contributed by atoms with Crippen LogP contribution in [-0.4, -0.2) is 74.4 Å². The second kappa shape index (κ2) is 14.1. The number of halogens is 1. The number of carboxylic acids is 2. The maximum Gasteiger partial charge on any atom is 0.186 e. The van der Waals surface area contributed by atoms with E-state index in [1.807, 2.05) is 37.4 Å². The van der Waals surface area contributed by atoms with Crippen molar-refractivity contribution >= 4 is 50.2 Å². The Kier molecular flexibility index (Phi) is 10.9. The molecule has 1 aliphatic rings. The van der Waals surface area contributed by atoms with Crippen LogP contribution < -0.4 is 19.8 Å². The third-order valence-electron chi connectivity index (χ3n) is 6.11. The zero-order valence-electron chi connectivity index (χ0n) is 20.8. The lowest BCUT2D eigenvalue weighted by Gasteiger charge is -2.41. The summed E-state index contributed by atoms with van der Waals surface area (Å²) in [6, 6.07) is 16.2. The minimum Gasteiger partial charge on any atom is -0.543 e. The molecule has 11 heteroatoms. The van der Waals surface area contributed by atoms with E-state index in [9.17, 15) is 0 Å². The lowest BCUT2D eigenvalue weighted by molar-refractivity contribution is -0.345. The molecule has 0 bridgehead atoms. The highest BCUT2D eigenvalue weighted by molar-refractivity contribution is 7.22. The first-order chi connectivity index (χ1) is 17.8. The van der Waals surface area contributed by atoms with Crippen LogP contribution in [-0.2, 0) is 14.3 Å². The average Bonchev–Trinajstić information content (AvgIpc) is 3.34. The number of hydrogen-bond donors (Lipinski definition) is 0. The number of likely N-dealkylation sites (N-methyl/N-ethyl adjacent to an activating group) is 1. The van der Waals surface area contributed by atoms with E-state index in [1.54, 1.807) is 11.3 Å². The molecule has 0 saturated carbocycles. The second-order valence-corrected chi connectivity index (χ2v) is 10.0. The van der Waals surface area contributed by atoms with Crippen LogP contribution in [0.15, 0.2) is 48.5 Å². The maximum absolute atomic E-state index is 8.93. The Balaban J connectivity index is 0.000000568. The van der Waals surface area contributed by atoms with Crippen molar-refractivity contribution in [1.29, 1.82) is 0 Å². The van der Waals surface area contributed by atoms with Crippen molar-refractivity contribution < 1.29 is 29.3 Å². The molecule has 0 radical (unpaired) electrons. The highest BCUT2D eigenvalue weighted by Gasteiger charge is 2.33. The SMILES string of the molecule is COC1CN(CCCCOc2ccc(Cl)cc2)CCC1N(C)c1nc2ccccc2s1.O=C([O-])C(=O)[O-]. The van der Waals surface area contributed by atoms with Gasteiger partial charge in [-0.05, 0) is 62.2 Å². The summed E-state index contributed by atoms with van der Waals surface area (Å²) >= 11 is 7.67. The number of likely N-dealkylation sites (tertiary alicyclic amines) is 1. The van der Waals surface area contributed by atoms with E-state index < -0.39 is 11.9 Å². The van der Waals surface area contributed by atoms with Gasteiger partial charge in [0.15, 0.2) is 5.13 Å². The van der Waals surface area contributed by atoms with Crippen LogP contribution >= 0.6 is 22.9 Å². The Labute approximate surface area is 225 Å². The smallest absolute Gasteiger partial charge is 0.186 e. The number of thiazole rings is 1. The molecule has 0 N–H and O–H groups in total. The number of carbonyl (C=O) groups excluding carboxylic acids is 2. The molecular weight excluding hydrogens is 518 g/mol. The second-order valence-electron chi connectivity index (χ2n) is 8.59. The molecule has 2 heterocycles. The first-order valence-corrected chi connectivity index (χ1v) is 13.1. The number of unbranched alkanes of at least 4 members (excludes halogenated alkanes) is 1. The van der Waals surface area contributed by atoms with Crippen LogP contribution in [0.25, 0.3) is 10.2 Å². The van der Waals surface area contributed by atoms with E-state index in [0.29, 0.717) is 6.04 Å². The fraction of sp³-hybridized carbons (Fsp3) is 0.423. The van der Waals surface area contributed by atoms with Crippen LogP contribution in [0, 0.1) is 0 Å². The van der Waals surface area contributed by atoms with Crippen molar-refractivity contribution in [3.05, 3.63) is 53.6 Å². The summed E-state index contributed by atoms with van der Waals surface area (Å²) in [5.74, 6) is -3.49. The van der Waals surface area contributed by atoms with Crippen molar-refractivity contribution in [2.24, 2.45) is 0 Å². The Morgan fingerprint density at radius 3 is 2.49 bits per heavy atom. The Bertz CT molecular complexity index is 1110. The number of anilines is 1. The number of carboxylic acid groups (broad SMARTS) is 2. The van der Waals surface area contributed by atoms with Gasteiger partial charge < -0.3 is 39.1 Å². The van der Waals surface area contributed by atoms with Gasteiger partial charge >= 0.3 is 0 Å². The monoisotopic (exact) mass is 547 g/mol. The molecule has 4 rings (SSSR count). The number of ether oxygens (including phenoxy) is 2. The molecule has 1 aromatic heterocycles. The van der Waals surface area contributed by atoms with Crippen molar-refractivity contribution in [3.8, 4) is 5.75 Å². The summed E-state index contributed by atoms with van der Waals surface area (Å²) in [6.07, 6.45) is 3.40. The summed E-state index contributed by atoms with van der Waals surface area (Å²) in [5.41, 5.74) is 1.07. The number of fused-ring (bicyclic) bond motifs is 1. The number of aliphatic carboxylic acids is 2. The predicted molar refractivity (Wildman–Crippen MR) is 140 cm³/mol. The standard InChI is InChI=1S/C24H30ClN3O2S.C2H2O4/c1-27(24-26-20-7-3-4-8-23(20)31-24)21-13-15-28(17-22(21)29-2)14-5-6-16-30-19-11-9-18(25)10-12-19;3-1(4)2(5)6/h3-4,7-12,21-22H,5-6,13-17H2,1-2H3;(H,3,4)(H,5,6)/p-2. The molecule has 2 unspecified atom stereocenters.